The quantitative estimate of drug-likeness (QED) is 0.798. The second kappa shape index (κ2) is 5.38. The Kier molecular flexibility index (Phi) is 3.86. The van der Waals surface area contributed by atoms with Crippen LogP contribution in [0, 0.1) is 5.92 Å². The molecule has 1 aliphatic heterocycles. The van der Waals surface area contributed by atoms with Gasteiger partial charge in [-0.3, -0.25) is 4.79 Å². The fraction of sp³-hybridized carbons (Fsp3) is 0.417. The smallest absolute Gasteiger partial charge is 0.229 e. The van der Waals surface area contributed by atoms with Gasteiger partial charge in [0.15, 0.2) is 0 Å². The summed E-state index contributed by atoms with van der Waals surface area (Å²) in [6.45, 7) is 1.20. The average Bonchev–Trinajstić information content (AvgIpc) is 2.35. The van der Waals surface area contributed by atoms with E-state index in [9.17, 15) is 9.90 Å². The van der Waals surface area contributed by atoms with Crippen LogP contribution >= 0.6 is 11.6 Å². The minimum absolute atomic E-state index is 0.00525. The molecule has 0 bridgehead atoms. The molecule has 4 nitrogen and oxygen atoms in total. The summed E-state index contributed by atoms with van der Waals surface area (Å²) in [6.07, 6.45) is 1.76. The molecule has 0 radical (unpaired) electrons. The number of ether oxygens (including phenoxy) is 1. The van der Waals surface area contributed by atoms with Gasteiger partial charge >= 0.3 is 0 Å². The van der Waals surface area contributed by atoms with Crippen molar-refractivity contribution in [1.29, 1.82) is 0 Å². The normalized spacial score (nSPS) is 19.9. The molecule has 1 aromatic rings. The molecule has 1 amide bonds. The summed E-state index contributed by atoms with van der Waals surface area (Å²) in [5.74, 6) is -0.159. The molecular weight excluding hydrogens is 242 g/mol. The number of halogens is 1. The Morgan fingerprint density at radius 2 is 2.35 bits per heavy atom. The second-order valence-electron chi connectivity index (χ2n) is 4.07. The van der Waals surface area contributed by atoms with Gasteiger partial charge in [0, 0.05) is 12.3 Å². The largest absolute Gasteiger partial charge is 0.506 e. The third kappa shape index (κ3) is 3.11. The Bertz CT molecular complexity index is 416. The van der Waals surface area contributed by atoms with Gasteiger partial charge in [-0.2, -0.15) is 0 Å². The zero-order chi connectivity index (χ0) is 12.3. The van der Waals surface area contributed by atoms with E-state index in [0.717, 1.165) is 19.4 Å². The van der Waals surface area contributed by atoms with Gasteiger partial charge in [0.1, 0.15) is 5.75 Å². The molecule has 0 saturated carbocycles. The van der Waals surface area contributed by atoms with Crippen molar-refractivity contribution >= 4 is 23.2 Å². The lowest BCUT2D eigenvalue weighted by atomic mass is 10.0. The monoisotopic (exact) mass is 255 g/mol. The molecule has 2 rings (SSSR count). The number of phenols is 1. The summed E-state index contributed by atoms with van der Waals surface area (Å²) in [4.78, 5) is 11.9. The maximum Gasteiger partial charge on any atom is 0.229 e. The highest BCUT2D eigenvalue weighted by atomic mass is 35.5. The van der Waals surface area contributed by atoms with E-state index in [0.29, 0.717) is 12.3 Å². The molecule has 1 atom stereocenters. The fourth-order valence-electron chi connectivity index (χ4n) is 1.78. The molecule has 92 valence electrons. The third-order valence-corrected chi connectivity index (χ3v) is 3.05. The molecule has 0 aliphatic carbocycles. The van der Waals surface area contributed by atoms with Crippen LogP contribution in [0.1, 0.15) is 12.8 Å². The van der Waals surface area contributed by atoms with Crippen molar-refractivity contribution in [3.63, 3.8) is 0 Å². The van der Waals surface area contributed by atoms with Crippen LogP contribution in [-0.2, 0) is 9.53 Å². The maximum atomic E-state index is 11.9. The zero-order valence-corrected chi connectivity index (χ0v) is 10.0. The number of phenolic OH excluding ortho intramolecular Hbond substituents is 1. The summed E-state index contributed by atoms with van der Waals surface area (Å²) in [6, 6.07) is 4.59. The van der Waals surface area contributed by atoms with Crippen molar-refractivity contribution in [2.45, 2.75) is 12.8 Å². The van der Waals surface area contributed by atoms with Crippen molar-refractivity contribution in [2.24, 2.45) is 5.92 Å². The molecule has 2 N–H and O–H groups in total. The summed E-state index contributed by atoms with van der Waals surface area (Å²) in [7, 11) is 0. The van der Waals surface area contributed by atoms with Crippen LogP contribution < -0.4 is 5.32 Å². The average molecular weight is 256 g/mol. The summed E-state index contributed by atoms with van der Waals surface area (Å²) >= 11 is 5.76. The zero-order valence-electron chi connectivity index (χ0n) is 9.28. The summed E-state index contributed by atoms with van der Waals surface area (Å²) in [5.41, 5.74) is 0.586. The minimum Gasteiger partial charge on any atom is -0.506 e. The highest BCUT2D eigenvalue weighted by Gasteiger charge is 2.21. The summed E-state index contributed by atoms with van der Waals surface area (Å²) in [5, 5.41) is 12.3. The first-order chi connectivity index (χ1) is 8.16. The van der Waals surface area contributed by atoms with Gasteiger partial charge in [-0.25, -0.2) is 0 Å². The van der Waals surface area contributed by atoms with E-state index >= 15 is 0 Å². The first-order valence-corrected chi connectivity index (χ1v) is 5.92. The Labute approximate surface area is 105 Å². The molecule has 1 fully saturated rings. The summed E-state index contributed by atoms with van der Waals surface area (Å²) < 4.78 is 5.26. The molecular formula is C12H14ClNO3. The number of hydrogen-bond donors (Lipinski definition) is 2. The number of benzene rings is 1. The van der Waals surface area contributed by atoms with Crippen LogP contribution in [0.3, 0.4) is 0 Å². The second-order valence-corrected chi connectivity index (χ2v) is 4.48. The van der Waals surface area contributed by atoms with Crippen LogP contribution in [0.5, 0.6) is 5.75 Å². The van der Waals surface area contributed by atoms with Gasteiger partial charge < -0.3 is 15.2 Å². The van der Waals surface area contributed by atoms with Gasteiger partial charge in [0.25, 0.3) is 0 Å². The van der Waals surface area contributed by atoms with Crippen molar-refractivity contribution in [3.05, 3.63) is 23.2 Å². The fourth-order valence-corrected chi connectivity index (χ4v) is 1.96. The molecule has 1 aromatic carbocycles. The lowest BCUT2D eigenvalue weighted by Gasteiger charge is -2.21. The molecule has 0 aromatic heterocycles. The standard InChI is InChI=1S/C12H14ClNO3/c13-10-6-9(3-4-11(10)15)14-12(16)8-2-1-5-17-7-8/h3-4,6,8,15H,1-2,5,7H2,(H,14,16). The number of amides is 1. The van der Waals surface area contributed by atoms with E-state index in [1.54, 1.807) is 6.07 Å². The number of nitrogens with one attached hydrogen (secondary N) is 1. The van der Waals surface area contributed by atoms with Gasteiger partial charge in [-0.15, -0.1) is 0 Å². The van der Waals surface area contributed by atoms with Gasteiger partial charge in [-0.05, 0) is 31.0 Å². The van der Waals surface area contributed by atoms with E-state index in [1.807, 2.05) is 0 Å². The number of rotatable bonds is 2. The molecule has 1 unspecified atom stereocenters. The first kappa shape index (κ1) is 12.2. The molecule has 0 spiro atoms. The number of anilines is 1. The van der Waals surface area contributed by atoms with Gasteiger partial charge in [0.2, 0.25) is 5.91 Å². The van der Waals surface area contributed by atoms with E-state index in [4.69, 9.17) is 16.3 Å². The number of aromatic hydroxyl groups is 1. The maximum absolute atomic E-state index is 11.9. The van der Waals surface area contributed by atoms with Crippen molar-refractivity contribution < 1.29 is 14.6 Å². The van der Waals surface area contributed by atoms with Crippen LogP contribution in [0.2, 0.25) is 5.02 Å². The molecule has 1 heterocycles. The van der Waals surface area contributed by atoms with Crippen LogP contribution in [-0.4, -0.2) is 24.2 Å². The van der Waals surface area contributed by atoms with E-state index in [-0.39, 0.29) is 22.6 Å². The Morgan fingerprint density at radius 3 is 3.00 bits per heavy atom. The van der Waals surface area contributed by atoms with E-state index < -0.39 is 0 Å². The molecule has 5 heteroatoms. The van der Waals surface area contributed by atoms with Gasteiger partial charge in [-0.1, -0.05) is 11.6 Å². The number of hydrogen-bond acceptors (Lipinski definition) is 3. The number of carbonyl (C=O) groups excluding carboxylic acids is 1. The van der Waals surface area contributed by atoms with Crippen LogP contribution in [0.25, 0.3) is 0 Å². The third-order valence-electron chi connectivity index (χ3n) is 2.75. The molecule has 1 aliphatic rings. The van der Waals surface area contributed by atoms with Crippen LogP contribution in [0.15, 0.2) is 18.2 Å². The lowest BCUT2D eigenvalue weighted by molar-refractivity contribution is -0.123. The minimum atomic E-state index is -0.101. The Morgan fingerprint density at radius 1 is 1.53 bits per heavy atom. The highest BCUT2D eigenvalue weighted by Crippen LogP contribution is 2.26. The highest BCUT2D eigenvalue weighted by molar-refractivity contribution is 6.32. The van der Waals surface area contributed by atoms with Crippen LogP contribution in [0.4, 0.5) is 5.69 Å². The SMILES string of the molecule is O=C(Nc1ccc(O)c(Cl)c1)C1CCCOC1. The first-order valence-electron chi connectivity index (χ1n) is 5.54. The molecule has 1 saturated heterocycles. The topological polar surface area (TPSA) is 58.6 Å². The lowest BCUT2D eigenvalue weighted by Crippen LogP contribution is -2.30. The van der Waals surface area contributed by atoms with Gasteiger partial charge in [0.05, 0.1) is 17.5 Å². The number of carbonyl (C=O) groups is 1. The Hall–Kier alpha value is -1.26. The van der Waals surface area contributed by atoms with Crippen molar-refractivity contribution in [2.75, 3.05) is 18.5 Å². The Balaban J connectivity index is 1.99. The molecule has 17 heavy (non-hydrogen) atoms. The predicted molar refractivity (Wildman–Crippen MR) is 65.3 cm³/mol. The van der Waals surface area contributed by atoms with Crippen molar-refractivity contribution in [3.8, 4) is 5.75 Å². The van der Waals surface area contributed by atoms with E-state index in [2.05, 4.69) is 5.32 Å². The predicted octanol–water partition coefficient (Wildman–Crippen LogP) is 2.41. The van der Waals surface area contributed by atoms with Crippen molar-refractivity contribution in [1.82, 2.24) is 0 Å². The van der Waals surface area contributed by atoms with E-state index in [1.165, 1.54) is 12.1 Å².